The lowest BCUT2D eigenvalue weighted by Gasteiger charge is -2.12. The van der Waals surface area contributed by atoms with Gasteiger partial charge in [0.2, 0.25) is 0 Å². The predicted molar refractivity (Wildman–Crippen MR) is 67.1 cm³/mol. The van der Waals surface area contributed by atoms with Gasteiger partial charge in [0, 0.05) is 4.47 Å². The average molecular weight is 334 g/mol. The minimum Gasteiger partial charge on any atom is -0.433 e. The number of alkyl halides is 2. The first-order valence-corrected chi connectivity index (χ1v) is 6.12. The molecule has 0 aliphatic heterocycles. The van der Waals surface area contributed by atoms with Crippen molar-refractivity contribution in [2.24, 2.45) is 0 Å². The first kappa shape index (κ1) is 13.7. The molecular weight excluding hydrogens is 324 g/mol. The monoisotopic (exact) mass is 333 g/mol. The Hall–Kier alpha value is -1.70. The van der Waals surface area contributed by atoms with Gasteiger partial charge in [-0.1, -0.05) is 26.2 Å². The Bertz CT molecular complexity index is 563. The summed E-state index contributed by atoms with van der Waals surface area (Å²) in [6, 6.07) is 4.81. The summed E-state index contributed by atoms with van der Waals surface area (Å²) in [5.74, 6) is 0.0542. The van der Waals surface area contributed by atoms with Gasteiger partial charge in [-0.25, -0.2) is 4.63 Å². The van der Waals surface area contributed by atoms with E-state index in [1.165, 1.54) is 6.07 Å². The molecule has 0 fully saturated rings. The van der Waals surface area contributed by atoms with E-state index in [-0.39, 0.29) is 5.75 Å². The highest BCUT2D eigenvalue weighted by Gasteiger charge is 2.11. The smallest absolute Gasteiger partial charge is 0.387 e. The van der Waals surface area contributed by atoms with Crippen molar-refractivity contribution in [3.05, 3.63) is 34.1 Å². The summed E-state index contributed by atoms with van der Waals surface area (Å²) in [6.45, 7) is -0.840. The number of hydrogen-bond acceptors (Lipinski definition) is 5. The van der Waals surface area contributed by atoms with Crippen LogP contribution in [0.5, 0.6) is 5.75 Å². The largest absolute Gasteiger partial charge is 0.433 e. The maximum absolute atomic E-state index is 12.3. The SMILES string of the molecule is Cc1nonc1CNc1ccc(Br)cc1OC(F)F. The van der Waals surface area contributed by atoms with Gasteiger partial charge in [0.25, 0.3) is 0 Å². The minimum absolute atomic E-state index is 0.0542. The van der Waals surface area contributed by atoms with Gasteiger partial charge in [0.1, 0.15) is 17.1 Å². The fourth-order valence-electron chi connectivity index (χ4n) is 1.42. The zero-order valence-corrected chi connectivity index (χ0v) is 11.4. The number of aryl methyl sites for hydroxylation is 1. The molecule has 0 spiro atoms. The second-order valence-corrected chi connectivity index (χ2v) is 4.58. The van der Waals surface area contributed by atoms with E-state index in [2.05, 4.69) is 40.9 Å². The molecule has 0 bridgehead atoms. The second kappa shape index (κ2) is 5.96. The summed E-state index contributed by atoms with van der Waals surface area (Å²) in [5, 5.41) is 10.3. The van der Waals surface area contributed by atoms with Crippen LogP contribution in [-0.2, 0) is 6.54 Å². The number of benzene rings is 1. The fraction of sp³-hybridized carbons (Fsp3) is 0.273. The third-order valence-electron chi connectivity index (χ3n) is 2.35. The van der Waals surface area contributed by atoms with Crippen molar-refractivity contribution < 1.29 is 18.1 Å². The molecule has 1 heterocycles. The highest BCUT2D eigenvalue weighted by Crippen LogP contribution is 2.30. The molecule has 1 aromatic heterocycles. The van der Waals surface area contributed by atoms with Crippen LogP contribution in [0.2, 0.25) is 0 Å². The molecule has 0 saturated heterocycles. The maximum Gasteiger partial charge on any atom is 0.387 e. The van der Waals surface area contributed by atoms with E-state index >= 15 is 0 Å². The van der Waals surface area contributed by atoms with Crippen LogP contribution in [0.15, 0.2) is 27.3 Å². The summed E-state index contributed by atoms with van der Waals surface area (Å²) in [5.41, 5.74) is 1.68. The van der Waals surface area contributed by atoms with Crippen LogP contribution in [0, 0.1) is 6.92 Å². The van der Waals surface area contributed by atoms with Crippen molar-refractivity contribution in [1.29, 1.82) is 0 Å². The Balaban J connectivity index is 2.13. The Morgan fingerprint density at radius 3 is 2.84 bits per heavy atom. The van der Waals surface area contributed by atoms with Gasteiger partial charge >= 0.3 is 6.61 Å². The summed E-state index contributed by atoms with van der Waals surface area (Å²) < 4.78 is 34.3. The number of halogens is 3. The molecule has 2 aromatic rings. The van der Waals surface area contributed by atoms with Crippen LogP contribution >= 0.6 is 15.9 Å². The quantitative estimate of drug-likeness (QED) is 0.909. The standard InChI is InChI=1S/C11H10BrF2N3O2/c1-6-9(17-19-16-6)5-15-8-3-2-7(12)4-10(8)18-11(13)14/h2-4,11,15H,5H2,1H3. The van der Waals surface area contributed by atoms with E-state index in [4.69, 9.17) is 0 Å². The average Bonchev–Trinajstić information content (AvgIpc) is 2.73. The molecule has 102 valence electrons. The number of nitrogens with zero attached hydrogens (tertiary/aromatic N) is 2. The normalized spacial score (nSPS) is 10.8. The molecule has 0 radical (unpaired) electrons. The first-order valence-electron chi connectivity index (χ1n) is 5.32. The number of rotatable bonds is 5. The molecule has 8 heteroatoms. The van der Waals surface area contributed by atoms with E-state index in [0.29, 0.717) is 28.1 Å². The summed E-state index contributed by atoms with van der Waals surface area (Å²) in [4.78, 5) is 0. The Labute approximate surface area is 116 Å². The molecule has 5 nitrogen and oxygen atoms in total. The molecular formula is C11H10BrF2N3O2. The van der Waals surface area contributed by atoms with Crippen LogP contribution in [0.3, 0.4) is 0 Å². The lowest BCUT2D eigenvalue weighted by Crippen LogP contribution is -2.07. The number of nitrogens with one attached hydrogen (secondary N) is 1. The topological polar surface area (TPSA) is 60.2 Å². The molecule has 0 saturated carbocycles. The van der Waals surface area contributed by atoms with Crippen molar-refractivity contribution >= 4 is 21.6 Å². The zero-order valence-electron chi connectivity index (χ0n) is 9.86. The van der Waals surface area contributed by atoms with Gasteiger partial charge in [-0.2, -0.15) is 8.78 Å². The molecule has 19 heavy (non-hydrogen) atoms. The van der Waals surface area contributed by atoms with Gasteiger partial charge in [-0.05, 0) is 25.1 Å². The van der Waals surface area contributed by atoms with Gasteiger partial charge in [-0.15, -0.1) is 0 Å². The molecule has 2 rings (SSSR count). The van der Waals surface area contributed by atoms with Gasteiger partial charge in [0.05, 0.1) is 12.2 Å². The van der Waals surface area contributed by atoms with Crippen LogP contribution in [0.25, 0.3) is 0 Å². The lowest BCUT2D eigenvalue weighted by atomic mass is 10.2. The number of anilines is 1. The second-order valence-electron chi connectivity index (χ2n) is 3.67. The Kier molecular flexibility index (Phi) is 4.31. The van der Waals surface area contributed by atoms with E-state index < -0.39 is 6.61 Å². The number of aromatic nitrogens is 2. The summed E-state index contributed by atoms with van der Waals surface area (Å²) in [6.07, 6.45) is 0. The van der Waals surface area contributed by atoms with E-state index in [0.717, 1.165) is 0 Å². The van der Waals surface area contributed by atoms with Gasteiger partial charge < -0.3 is 10.1 Å². The van der Waals surface area contributed by atoms with Crippen LogP contribution in [-0.4, -0.2) is 16.9 Å². The fourth-order valence-corrected chi connectivity index (χ4v) is 1.76. The van der Waals surface area contributed by atoms with E-state index in [1.54, 1.807) is 19.1 Å². The lowest BCUT2D eigenvalue weighted by molar-refractivity contribution is -0.0494. The minimum atomic E-state index is -2.88. The summed E-state index contributed by atoms with van der Waals surface area (Å²) in [7, 11) is 0. The summed E-state index contributed by atoms with van der Waals surface area (Å²) >= 11 is 3.20. The molecule has 0 amide bonds. The maximum atomic E-state index is 12.3. The molecule has 0 atom stereocenters. The van der Waals surface area contributed by atoms with Gasteiger partial charge in [-0.3, -0.25) is 0 Å². The highest BCUT2D eigenvalue weighted by molar-refractivity contribution is 9.10. The Morgan fingerprint density at radius 2 is 2.21 bits per heavy atom. The molecule has 1 aromatic carbocycles. The third-order valence-corrected chi connectivity index (χ3v) is 2.85. The molecule has 1 N–H and O–H groups in total. The van der Waals surface area contributed by atoms with Crippen LogP contribution < -0.4 is 10.1 Å². The predicted octanol–water partition coefficient (Wildman–Crippen LogP) is 3.35. The highest BCUT2D eigenvalue weighted by atomic mass is 79.9. The van der Waals surface area contributed by atoms with E-state index in [9.17, 15) is 8.78 Å². The molecule has 0 aliphatic carbocycles. The van der Waals surface area contributed by atoms with E-state index in [1.807, 2.05) is 0 Å². The molecule has 0 aliphatic rings. The number of hydrogen-bond donors (Lipinski definition) is 1. The van der Waals surface area contributed by atoms with Crippen LogP contribution in [0.1, 0.15) is 11.4 Å². The van der Waals surface area contributed by atoms with Crippen molar-refractivity contribution in [2.45, 2.75) is 20.1 Å². The van der Waals surface area contributed by atoms with Crippen molar-refractivity contribution in [1.82, 2.24) is 10.3 Å². The Morgan fingerprint density at radius 1 is 1.42 bits per heavy atom. The van der Waals surface area contributed by atoms with Crippen molar-refractivity contribution in [2.75, 3.05) is 5.32 Å². The number of ether oxygens (including phenoxy) is 1. The van der Waals surface area contributed by atoms with Crippen LogP contribution in [0.4, 0.5) is 14.5 Å². The third kappa shape index (κ3) is 3.63. The first-order chi connectivity index (χ1) is 9.06. The van der Waals surface area contributed by atoms with Gasteiger partial charge in [0.15, 0.2) is 0 Å². The van der Waals surface area contributed by atoms with Crippen molar-refractivity contribution in [3.63, 3.8) is 0 Å². The zero-order chi connectivity index (χ0) is 13.8. The van der Waals surface area contributed by atoms with Crippen molar-refractivity contribution in [3.8, 4) is 5.75 Å². The molecule has 0 unspecified atom stereocenters.